The Morgan fingerprint density at radius 2 is 1.41 bits per heavy atom. The lowest BCUT2D eigenvalue weighted by Gasteiger charge is -2.35. The molecule has 3 heteroatoms. The first-order valence-corrected chi connectivity index (χ1v) is 7.69. The van der Waals surface area contributed by atoms with Gasteiger partial charge in [0.15, 0.2) is 0 Å². The van der Waals surface area contributed by atoms with Gasteiger partial charge in [0.05, 0.1) is 12.6 Å². The largest absolute Gasteiger partial charge is 0.391 e. The van der Waals surface area contributed by atoms with Gasteiger partial charge in [-0.1, -0.05) is 19.3 Å². The second kappa shape index (κ2) is 7.34. The number of nitrogens with one attached hydrogen (secondary N) is 2. The van der Waals surface area contributed by atoms with Crippen LogP contribution in [-0.4, -0.2) is 50.5 Å². The molecular formula is C14H30N2O+2. The fourth-order valence-electron chi connectivity index (χ4n) is 3.61. The van der Waals surface area contributed by atoms with Crippen LogP contribution in [0.4, 0.5) is 0 Å². The maximum absolute atomic E-state index is 8.97. The third-order valence-corrected chi connectivity index (χ3v) is 4.75. The van der Waals surface area contributed by atoms with E-state index in [1.807, 2.05) is 4.90 Å². The Balaban J connectivity index is 1.74. The Bertz CT molecular complexity index is 194. The molecule has 0 atom stereocenters. The second-order valence-electron chi connectivity index (χ2n) is 5.92. The van der Waals surface area contributed by atoms with E-state index >= 15 is 0 Å². The number of quaternary nitrogens is 2. The summed E-state index contributed by atoms with van der Waals surface area (Å²) in [5.74, 6) is 0. The maximum atomic E-state index is 8.97. The topological polar surface area (TPSA) is 29.1 Å². The molecule has 0 aromatic heterocycles. The van der Waals surface area contributed by atoms with Crippen molar-refractivity contribution in [2.45, 2.75) is 51.0 Å². The molecule has 1 heterocycles. The van der Waals surface area contributed by atoms with E-state index in [-0.39, 0.29) is 0 Å². The first kappa shape index (κ1) is 13.3. The van der Waals surface area contributed by atoms with Gasteiger partial charge in [-0.05, 0) is 25.7 Å². The van der Waals surface area contributed by atoms with Crippen LogP contribution in [0.25, 0.3) is 0 Å². The van der Waals surface area contributed by atoms with Crippen molar-refractivity contribution in [1.82, 2.24) is 0 Å². The predicted molar refractivity (Wildman–Crippen MR) is 69.5 cm³/mol. The van der Waals surface area contributed by atoms with Gasteiger partial charge in [0.1, 0.15) is 32.7 Å². The summed E-state index contributed by atoms with van der Waals surface area (Å²) in [6.45, 7) is 6.52. The summed E-state index contributed by atoms with van der Waals surface area (Å²) in [7, 11) is 0. The highest BCUT2D eigenvalue weighted by molar-refractivity contribution is 4.62. The van der Waals surface area contributed by atoms with Crippen LogP contribution < -0.4 is 9.80 Å². The van der Waals surface area contributed by atoms with Gasteiger partial charge < -0.3 is 14.9 Å². The molecule has 0 radical (unpaired) electrons. The molecule has 1 aliphatic carbocycles. The third-order valence-electron chi connectivity index (χ3n) is 4.75. The molecular weight excluding hydrogens is 212 g/mol. The Kier molecular flexibility index (Phi) is 5.75. The van der Waals surface area contributed by atoms with Crippen LogP contribution in [0.15, 0.2) is 0 Å². The van der Waals surface area contributed by atoms with Crippen molar-refractivity contribution >= 4 is 0 Å². The molecule has 0 unspecified atom stereocenters. The van der Waals surface area contributed by atoms with Crippen LogP contribution in [0.1, 0.15) is 44.9 Å². The van der Waals surface area contributed by atoms with Gasteiger partial charge in [-0.15, -0.1) is 0 Å². The van der Waals surface area contributed by atoms with Gasteiger partial charge in [-0.2, -0.15) is 0 Å². The van der Waals surface area contributed by atoms with Gasteiger partial charge in [0, 0.05) is 0 Å². The molecule has 1 saturated carbocycles. The molecule has 0 amide bonds. The standard InChI is InChI=1S/C14H28N2O/c17-13-12-15-8-10-16(11-9-15)14-6-4-2-1-3-5-7-14/h14,17H,1-13H2/p+2. The smallest absolute Gasteiger partial charge is 0.127 e. The molecule has 0 spiro atoms. The summed E-state index contributed by atoms with van der Waals surface area (Å²) in [6, 6.07) is 0.950. The van der Waals surface area contributed by atoms with Crippen molar-refractivity contribution in [3.63, 3.8) is 0 Å². The zero-order chi connectivity index (χ0) is 11.9. The molecule has 2 fully saturated rings. The van der Waals surface area contributed by atoms with Crippen LogP contribution in [0.2, 0.25) is 0 Å². The Morgan fingerprint density at radius 1 is 0.824 bits per heavy atom. The predicted octanol–water partition coefficient (Wildman–Crippen LogP) is -1.12. The number of hydrogen-bond acceptors (Lipinski definition) is 1. The molecule has 0 aromatic rings. The quantitative estimate of drug-likeness (QED) is 0.575. The molecule has 100 valence electrons. The van der Waals surface area contributed by atoms with E-state index < -0.39 is 0 Å². The van der Waals surface area contributed by atoms with E-state index in [0.29, 0.717) is 6.61 Å². The summed E-state index contributed by atoms with van der Waals surface area (Å²) in [5.41, 5.74) is 0. The van der Waals surface area contributed by atoms with Gasteiger partial charge in [-0.25, -0.2) is 0 Å². The lowest BCUT2D eigenvalue weighted by molar-refractivity contribution is -1.02. The summed E-state index contributed by atoms with van der Waals surface area (Å²) in [4.78, 5) is 3.48. The monoisotopic (exact) mass is 242 g/mol. The van der Waals surface area contributed by atoms with E-state index in [0.717, 1.165) is 12.6 Å². The van der Waals surface area contributed by atoms with Gasteiger partial charge in [-0.3, -0.25) is 0 Å². The van der Waals surface area contributed by atoms with Crippen molar-refractivity contribution in [3.05, 3.63) is 0 Å². The molecule has 3 N–H and O–H groups in total. The highest BCUT2D eigenvalue weighted by Gasteiger charge is 2.28. The van der Waals surface area contributed by atoms with Crippen LogP contribution in [0, 0.1) is 0 Å². The zero-order valence-corrected chi connectivity index (χ0v) is 11.2. The molecule has 17 heavy (non-hydrogen) atoms. The number of hydrogen-bond donors (Lipinski definition) is 3. The second-order valence-corrected chi connectivity index (χ2v) is 5.92. The molecule has 1 aliphatic heterocycles. The number of rotatable bonds is 3. The van der Waals surface area contributed by atoms with Crippen molar-refractivity contribution in [3.8, 4) is 0 Å². The maximum Gasteiger partial charge on any atom is 0.127 e. The SMILES string of the molecule is OCC[NH+]1CC[NH+](C2CCCCCCC2)CC1. The molecule has 2 aliphatic rings. The molecule has 0 bridgehead atoms. The minimum absolute atomic E-state index is 0.355. The lowest BCUT2D eigenvalue weighted by Crippen LogP contribution is -3.29. The van der Waals surface area contributed by atoms with Gasteiger partial charge >= 0.3 is 0 Å². The van der Waals surface area contributed by atoms with Crippen molar-refractivity contribution in [1.29, 1.82) is 0 Å². The summed E-state index contributed by atoms with van der Waals surface area (Å²) in [5, 5.41) is 8.97. The van der Waals surface area contributed by atoms with Gasteiger partial charge in [0.2, 0.25) is 0 Å². The average molecular weight is 242 g/mol. The molecule has 1 saturated heterocycles. The van der Waals surface area contributed by atoms with E-state index in [1.165, 1.54) is 71.1 Å². The van der Waals surface area contributed by atoms with Crippen LogP contribution >= 0.6 is 0 Å². The summed E-state index contributed by atoms with van der Waals surface area (Å²) < 4.78 is 0. The van der Waals surface area contributed by atoms with E-state index in [2.05, 4.69) is 0 Å². The summed E-state index contributed by atoms with van der Waals surface area (Å²) in [6.07, 6.45) is 10.2. The molecule has 2 rings (SSSR count). The highest BCUT2D eigenvalue weighted by atomic mass is 16.3. The molecule has 3 nitrogen and oxygen atoms in total. The first-order chi connectivity index (χ1) is 8.40. The van der Waals surface area contributed by atoms with Crippen LogP contribution in [0.3, 0.4) is 0 Å². The van der Waals surface area contributed by atoms with Crippen molar-refractivity contribution in [2.24, 2.45) is 0 Å². The van der Waals surface area contributed by atoms with E-state index in [1.54, 1.807) is 4.90 Å². The van der Waals surface area contributed by atoms with E-state index in [4.69, 9.17) is 5.11 Å². The average Bonchev–Trinajstić information content (AvgIpc) is 2.30. The normalized spacial score (nSPS) is 33.0. The lowest BCUT2D eigenvalue weighted by atomic mass is 9.95. The van der Waals surface area contributed by atoms with Gasteiger partial charge in [0.25, 0.3) is 0 Å². The number of piperazine rings is 1. The van der Waals surface area contributed by atoms with Crippen molar-refractivity contribution < 1.29 is 14.9 Å². The third kappa shape index (κ3) is 4.23. The first-order valence-electron chi connectivity index (χ1n) is 7.69. The fraction of sp³-hybridized carbons (Fsp3) is 1.00. The van der Waals surface area contributed by atoms with Crippen LogP contribution in [0.5, 0.6) is 0 Å². The fourth-order valence-corrected chi connectivity index (χ4v) is 3.61. The Hall–Kier alpha value is -0.120. The Labute approximate surface area is 106 Å². The van der Waals surface area contributed by atoms with Crippen molar-refractivity contribution in [2.75, 3.05) is 39.3 Å². The zero-order valence-electron chi connectivity index (χ0n) is 11.2. The highest BCUT2D eigenvalue weighted by Crippen LogP contribution is 2.15. The van der Waals surface area contributed by atoms with Crippen LogP contribution in [-0.2, 0) is 0 Å². The summed E-state index contributed by atoms with van der Waals surface area (Å²) >= 11 is 0. The minimum atomic E-state index is 0.355. The number of aliphatic hydroxyl groups is 1. The minimum Gasteiger partial charge on any atom is -0.391 e. The molecule has 0 aromatic carbocycles. The number of aliphatic hydroxyl groups excluding tert-OH is 1. The van der Waals surface area contributed by atoms with E-state index in [9.17, 15) is 0 Å². The Morgan fingerprint density at radius 3 is 2.00 bits per heavy atom.